The van der Waals surface area contributed by atoms with E-state index in [2.05, 4.69) is 13.8 Å². The molecular weight excluding hydrogens is 174 g/mol. The molecule has 0 radical (unpaired) electrons. The summed E-state index contributed by atoms with van der Waals surface area (Å²) in [6.45, 7) is 5.26. The highest BCUT2D eigenvalue weighted by Crippen LogP contribution is 2.25. The van der Waals surface area contributed by atoms with E-state index in [1.54, 1.807) is 0 Å². The molecule has 1 aliphatic rings. The van der Waals surface area contributed by atoms with Crippen molar-refractivity contribution in [2.45, 2.75) is 64.5 Å². The third-order valence-electron chi connectivity index (χ3n) is 3.17. The van der Waals surface area contributed by atoms with Crippen LogP contribution in [0, 0.1) is 5.92 Å². The number of nitrogens with two attached hydrogens (primary N) is 1. The first kappa shape index (κ1) is 12.0. The lowest BCUT2D eigenvalue weighted by atomic mass is 9.89. The molecule has 1 aliphatic carbocycles. The van der Waals surface area contributed by atoms with Crippen LogP contribution in [0.2, 0.25) is 0 Å². The van der Waals surface area contributed by atoms with Crippen LogP contribution in [0.4, 0.5) is 0 Å². The first-order valence-electron chi connectivity index (χ1n) is 6.09. The molecule has 84 valence electrons. The molecular formula is C12H25NO. The highest BCUT2D eigenvalue weighted by atomic mass is 16.5. The molecule has 0 aromatic carbocycles. The molecule has 1 saturated carbocycles. The molecule has 0 spiro atoms. The second-order valence-corrected chi connectivity index (χ2v) is 4.76. The molecule has 1 fully saturated rings. The zero-order valence-corrected chi connectivity index (χ0v) is 9.67. The second kappa shape index (κ2) is 6.41. The molecule has 0 bridgehead atoms. The van der Waals surface area contributed by atoms with E-state index in [9.17, 15) is 0 Å². The molecule has 0 heterocycles. The molecule has 1 rings (SSSR count). The van der Waals surface area contributed by atoms with E-state index in [-0.39, 0.29) is 6.04 Å². The van der Waals surface area contributed by atoms with E-state index in [0.29, 0.717) is 6.10 Å². The van der Waals surface area contributed by atoms with Gasteiger partial charge in [0.15, 0.2) is 0 Å². The number of ether oxygens (including phenoxy) is 1. The van der Waals surface area contributed by atoms with E-state index >= 15 is 0 Å². The molecule has 14 heavy (non-hydrogen) atoms. The van der Waals surface area contributed by atoms with Crippen LogP contribution in [0.1, 0.15) is 52.4 Å². The van der Waals surface area contributed by atoms with Crippen LogP contribution < -0.4 is 5.73 Å². The summed E-state index contributed by atoms with van der Waals surface area (Å²) in [5.74, 6) is 0.902. The average molecular weight is 199 g/mol. The van der Waals surface area contributed by atoms with E-state index in [4.69, 9.17) is 10.5 Å². The second-order valence-electron chi connectivity index (χ2n) is 4.76. The maximum absolute atomic E-state index is 5.90. The first-order chi connectivity index (χ1) is 6.72. The Balaban J connectivity index is 2.06. The Kier molecular flexibility index (Phi) is 5.49. The molecule has 0 aliphatic heterocycles. The van der Waals surface area contributed by atoms with Crippen LogP contribution in [-0.4, -0.2) is 18.8 Å². The lowest BCUT2D eigenvalue weighted by Gasteiger charge is -2.27. The van der Waals surface area contributed by atoms with Crippen molar-refractivity contribution in [1.29, 1.82) is 0 Å². The van der Waals surface area contributed by atoms with Gasteiger partial charge < -0.3 is 10.5 Å². The summed E-state index contributed by atoms with van der Waals surface area (Å²) in [6.07, 6.45) is 7.87. The molecule has 0 amide bonds. The monoisotopic (exact) mass is 199 g/mol. The summed E-state index contributed by atoms with van der Waals surface area (Å²) in [6, 6.07) is 0.249. The minimum Gasteiger partial charge on any atom is -0.377 e. The van der Waals surface area contributed by atoms with Crippen molar-refractivity contribution >= 4 is 0 Å². The molecule has 0 aromatic heterocycles. The fourth-order valence-electron chi connectivity index (χ4n) is 2.11. The summed E-state index contributed by atoms with van der Waals surface area (Å²) in [5.41, 5.74) is 5.90. The number of hydrogen-bond acceptors (Lipinski definition) is 2. The van der Waals surface area contributed by atoms with Gasteiger partial charge in [-0.3, -0.25) is 0 Å². The van der Waals surface area contributed by atoms with Crippen molar-refractivity contribution in [3.8, 4) is 0 Å². The maximum atomic E-state index is 5.90. The molecule has 0 saturated heterocycles. The number of rotatable bonds is 5. The Morgan fingerprint density at radius 3 is 2.50 bits per heavy atom. The van der Waals surface area contributed by atoms with Crippen molar-refractivity contribution < 1.29 is 4.74 Å². The smallest absolute Gasteiger partial charge is 0.0621 e. The van der Waals surface area contributed by atoms with Crippen LogP contribution in [-0.2, 0) is 4.74 Å². The zero-order chi connectivity index (χ0) is 10.4. The van der Waals surface area contributed by atoms with Gasteiger partial charge in [0.25, 0.3) is 0 Å². The van der Waals surface area contributed by atoms with Gasteiger partial charge in [-0.1, -0.05) is 20.3 Å². The van der Waals surface area contributed by atoms with Crippen molar-refractivity contribution in [3.63, 3.8) is 0 Å². The van der Waals surface area contributed by atoms with Gasteiger partial charge in [0, 0.05) is 6.04 Å². The highest BCUT2D eigenvalue weighted by molar-refractivity contribution is 4.71. The quantitative estimate of drug-likeness (QED) is 0.739. The summed E-state index contributed by atoms with van der Waals surface area (Å²) in [4.78, 5) is 0. The van der Waals surface area contributed by atoms with Gasteiger partial charge in [-0.25, -0.2) is 0 Å². The third kappa shape index (κ3) is 4.43. The SMILES string of the molecule is CCCC(N)COC1CCC(C)CC1. The van der Waals surface area contributed by atoms with E-state index < -0.39 is 0 Å². The Morgan fingerprint density at radius 1 is 1.29 bits per heavy atom. The molecule has 2 nitrogen and oxygen atoms in total. The fourth-order valence-corrected chi connectivity index (χ4v) is 2.11. The topological polar surface area (TPSA) is 35.2 Å². The normalized spacial score (nSPS) is 30.2. The predicted molar refractivity (Wildman–Crippen MR) is 60.3 cm³/mol. The Bertz CT molecular complexity index is 141. The first-order valence-corrected chi connectivity index (χ1v) is 6.09. The van der Waals surface area contributed by atoms with E-state index in [0.717, 1.165) is 25.4 Å². The Labute approximate surface area is 88.2 Å². The fraction of sp³-hybridized carbons (Fsp3) is 1.00. The van der Waals surface area contributed by atoms with Crippen molar-refractivity contribution in [3.05, 3.63) is 0 Å². The van der Waals surface area contributed by atoms with Crippen molar-refractivity contribution in [1.82, 2.24) is 0 Å². The standard InChI is InChI=1S/C12H25NO/c1-3-4-11(13)9-14-12-7-5-10(2)6-8-12/h10-12H,3-9,13H2,1-2H3. The molecule has 0 aromatic rings. The minimum absolute atomic E-state index is 0.249. The lowest BCUT2D eigenvalue weighted by Crippen LogP contribution is -2.30. The van der Waals surface area contributed by atoms with Gasteiger partial charge in [-0.15, -0.1) is 0 Å². The van der Waals surface area contributed by atoms with Crippen LogP contribution in [0.25, 0.3) is 0 Å². The molecule has 2 N–H and O–H groups in total. The van der Waals surface area contributed by atoms with Gasteiger partial charge in [0.2, 0.25) is 0 Å². The van der Waals surface area contributed by atoms with Crippen LogP contribution in [0.3, 0.4) is 0 Å². The van der Waals surface area contributed by atoms with Gasteiger partial charge in [0.1, 0.15) is 0 Å². The Hall–Kier alpha value is -0.0800. The predicted octanol–water partition coefficient (Wildman–Crippen LogP) is 2.71. The summed E-state index contributed by atoms with van der Waals surface area (Å²) >= 11 is 0. The van der Waals surface area contributed by atoms with Gasteiger partial charge in [-0.2, -0.15) is 0 Å². The maximum Gasteiger partial charge on any atom is 0.0621 e. The van der Waals surface area contributed by atoms with Crippen molar-refractivity contribution in [2.24, 2.45) is 11.7 Å². The van der Waals surface area contributed by atoms with Gasteiger partial charge >= 0.3 is 0 Å². The largest absolute Gasteiger partial charge is 0.377 e. The lowest BCUT2D eigenvalue weighted by molar-refractivity contribution is 0.0119. The molecule has 1 unspecified atom stereocenters. The summed E-state index contributed by atoms with van der Waals surface area (Å²) in [7, 11) is 0. The van der Waals surface area contributed by atoms with Crippen LogP contribution in [0.15, 0.2) is 0 Å². The van der Waals surface area contributed by atoms with Crippen molar-refractivity contribution in [2.75, 3.05) is 6.61 Å². The van der Waals surface area contributed by atoms with Crippen LogP contribution >= 0.6 is 0 Å². The third-order valence-corrected chi connectivity index (χ3v) is 3.17. The summed E-state index contributed by atoms with van der Waals surface area (Å²) < 4.78 is 5.82. The van der Waals surface area contributed by atoms with Gasteiger partial charge in [0.05, 0.1) is 12.7 Å². The van der Waals surface area contributed by atoms with E-state index in [1.807, 2.05) is 0 Å². The minimum atomic E-state index is 0.249. The zero-order valence-electron chi connectivity index (χ0n) is 9.67. The van der Waals surface area contributed by atoms with Gasteiger partial charge in [-0.05, 0) is 38.0 Å². The van der Waals surface area contributed by atoms with E-state index in [1.165, 1.54) is 25.7 Å². The highest BCUT2D eigenvalue weighted by Gasteiger charge is 2.18. The molecule has 1 atom stereocenters. The Morgan fingerprint density at radius 2 is 1.93 bits per heavy atom. The van der Waals surface area contributed by atoms with Crippen LogP contribution in [0.5, 0.6) is 0 Å². The molecule has 2 heteroatoms. The number of hydrogen-bond donors (Lipinski definition) is 1. The average Bonchev–Trinajstić information content (AvgIpc) is 2.17. The summed E-state index contributed by atoms with van der Waals surface area (Å²) in [5, 5.41) is 0.